The average molecular weight is 439 g/mol. The number of hydrogen-bond donors (Lipinski definition) is 2. The molecule has 3 amide bonds. The van der Waals surface area contributed by atoms with E-state index in [4.69, 9.17) is 0 Å². The van der Waals surface area contributed by atoms with Crippen molar-refractivity contribution in [2.45, 2.75) is 19.4 Å². The minimum atomic E-state index is -0.298. The summed E-state index contributed by atoms with van der Waals surface area (Å²) in [6, 6.07) is 14.8. The van der Waals surface area contributed by atoms with Gasteiger partial charge in [-0.2, -0.15) is 0 Å². The van der Waals surface area contributed by atoms with Crippen molar-refractivity contribution in [3.05, 3.63) is 76.2 Å². The molecule has 2 N–H and O–H groups in total. The van der Waals surface area contributed by atoms with Gasteiger partial charge in [-0.15, -0.1) is 23.1 Å². The second-order valence-corrected chi connectivity index (χ2v) is 8.94. The van der Waals surface area contributed by atoms with Gasteiger partial charge < -0.3 is 15.5 Å². The van der Waals surface area contributed by atoms with E-state index >= 15 is 0 Å². The van der Waals surface area contributed by atoms with Gasteiger partial charge in [0.05, 0.1) is 18.3 Å². The van der Waals surface area contributed by atoms with E-state index in [0.29, 0.717) is 18.0 Å². The fourth-order valence-corrected chi connectivity index (χ4v) is 5.32. The van der Waals surface area contributed by atoms with Crippen LogP contribution in [0.1, 0.15) is 22.2 Å². The molecule has 1 aliphatic rings. The van der Waals surface area contributed by atoms with Crippen LogP contribution < -0.4 is 10.6 Å². The third kappa shape index (κ3) is 4.83. The molecule has 2 heterocycles. The van der Waals surface area contributed by atoms with Gasteiger partial charge in [-0.25, -0.2) is 9.78 Å². The average Bonchev–Trinajstić information content (AvgIpc) is 3.42. The normalized spacial score (nSPS) is 15.8. The number of urea groups is 1. The number of aryl methyl sites for hydroxylation is 1. The first-order valence-corrected chi connectivity index (χ1v) is 11.6. The first-order chi connectivity index (χ1) is 14.6. The molecule has 3 aromatic rings. The highest BCUT2D eigenvalue weighted by Gasteiger charge is 2.31. The topological polar surface area (TPSA) is 74.3 Å². The van der Waals surface area contributed by atoms with Crippen molar-refractivity contribution < 1.29 is 9.59 Å². The summed E-state index contributed by atoms with van der Waals surface area (Å²) in [5.74, 6) is 1.68. The summed E-state index contributed by atoms with van der Waals surface area (Å²) in [5.41, 5.74) is 3.36. The van der Waals surface area contributed by atoms with E-state index in [1.54, 1.807) is 29.3 Å². The number of anilines is 2. The van der Waals surface area contributed by atoms with E-state index in [1.807, 2.05) is 65.7 Å². The monoisotopic (exact) mass is 438 g/mol. The van der Waals surface area contributed by atoms with Crippen LogP contribution in [0.15, 0.2) is 60.1 Å². The molecule has 0 spiro atoms. The Morgan fingerprint density at radius 2 is 1.93 bits per heavy atom. The maximum Gasteiger partial charge on any atom is 0.323 e. The van der Waals surface area contributed by atoms with Crippen molar-refractivity contribution in [3.8, 4) is 0 Å². The van der Waals surface area contributed by atoms with Crippen LogP contribution in [0.4, 0.5) is 16.2 Å². The number of carbonyl (C=O) groups is 2. The number of aromatic nitrogens is 1. The van der Waals surface area contributed by atoms with Gasteiger partial charge in [0, 0.05) is 28.7 Å². The number of carbonyl (C=O) groups excluding carboxylic acids is 2. The predicted octanol–water partition coefficient (Wildman–Crippen LogP) is 4.91. The zero-order valence-electron chi connectivity index (χ0n) is 16.5. The Morgan fingerprint density at radius 3 is 2.67 bits per heavy atom. The second-order valence-electron chi connectivity index (χ2n) is 7.02. The number of nitrogens with zero attached hydrogens (tertiary/aromatic N) is 2. The third-order valence-electron chi connectivity index (χ3n) is 4.90. The lowest BCUT2D eigenvalue weighted by atomic mass is 10.1. The van der Waals surface area contributed by atoms with Crippen molar-refractivity contribution >= 4 is 46.4 Å². The van der Waals surface area contributed by atoms with E-state index in [9.17, 15) is 9.59 Å². The van der Waals surface area contributed by atoms with E-state index < -0.39 is 0 Å². The van der Waals surface area contributed by atoms with Gasteiger partial charge in [0.15, 0.2) is 0 Å². The van der Waals surface area contributed by atoms with Crippen molar-refractivity contribution in [3.63, 3.8) is 0 Å². The summed E-state index contributed by atoms with van der Waals surface area (Å²) in [4.78, 5) is 31.3. The number of benzene rings is 2. The van der Waals surface area contributed by atoms with E-state index in [0.717, 1.165) is 27.6 Å². The van der Waals surface area contributed by atoms with Crippen LogP contribution in [-0.4, -0.2) is 33.5 Å². The molecule has 6 nitrogen and oxygen atoms in total. The quantitative estimate of drug-likeness (QED) is 0.593. The minimum absolute atomic E-state index is 0.0635. The number of thiazole rings is 1. The SMILES string of the molecule is Cc1ccccc1NC(=O)Nc1ccc(CC(=O)N2CSCC2c2nccs2)cc1. The number of nitrogens with one attached hydrogen (secondary N) is 2. The van der Waals surface area contributed by atoms with Crippen LogP contribution >= 0.6 is 23.1 Å². The summed E-state index contributed by atoms with van der Waals surface area (Å²) in [7, 11) is 0. The lowest BCUT2D eigenvalue weighted by Crippen LogP contribution is -2.32. The number of para-hydroxylation sites is 1. The zero-order chi connectivity index (χ0) is 20.9. The zero-order valence-corrected chi connectivity index (χ0v) is 18.1. The smallest absolute Gasteiger partial charge is 0.323 e. The van der Waals surface area contributed by atoms with Crippen LogP contribution in [0.5, 0.6) is 0 Å². The van der Waals surface area contributed by atoms with Crippen LogP contribution in [0.25, 0.3) is 0 Å². The van der Waals surface area contributed by atoms with Crippen LogP contribution in [-0.2, 0) is 11.2 Å². The van der Waals surface area contributed by atoms with Gasteiger partial charge in [0.1, 0.15) is 5.01 Å². The first kappa shape index (κ1) is 20.4. The molecular formula is C22H22N4O2S2. The summed E-state index contributed by atoms with van der Waals surface area (Å²) in [5, 5.41) is 8.61. The van der Waals surface area contributed by atoms with Crippen molar-refractivity contribution in [1.82, 2.24) is 9.88 Å². The van der Waals surface area contributed by atoms with Gasteiger partial charge in [-0.05, 0) is 36.2 Å². The fourth-order valence-electron chi connectivity index (χ4n) is 3.27. The standard InChI is InChI=1S/C22H22N4O2S2/c1-15-4-2-3-5-18(15)25-22(28)24-17-8-6-16(7-9-17)12-20(27)26-14-29-13-19(26)21-23-10-11-30-21/h2-11,19H,12-14H2,1H3,(H2,24,25,28). The molecule has 30 heavy (non-hydrogen) atoms. The lowest BCUT2D eigenvalue weighted by molar-refractivity contribution is -0.131. The summed E-state index contributed by atoms with van der Waals surface area (Å²) in [6.45, 7) is 1.94. The molecule has 1 unspecified atom stereocenters. The molecule has 0 saturated carbocycles. The van der Waals surface area contributed by atoms with E-state index in [2.05, 4.69) is 15.6 Å². The van der Waals surface area contributed by atoms with Crippen LogP contribution in [0.3, 0.4) is 0 Å². The second kappa shape index (κ2) is 9.32. The highest BCUT2D eigenvalue weighted by Crippen LogP contribution is 2.34. The van der Waals surface area contributed by atoms with Crippen molar-refractivity contribution in [2.75, 3.05) is 22.3 Å². The van der Waals surface area contributed by atoms with Gasteiger partial charge in [0.25, 0.3) is 0 Å². The van der Waals surface area contributed by atoms with Gasteiger partial charge in [-0.1, -0.05) is 30.3 Å². The molecule has 1 saturated heterocycles. The number of rotatable bonds is 5. The Hall–Kier alpha value is -2.84. The molecule has 1 aromatic heterocycles. The molecule has 154 valence electrons. The largest absolute Gasteiger partial charge is 0.323 e. The maximum absolute atomic E-state index is 12.8. The first-order valence-electron chi connectivity index (χ1n) is 9.59. The molecule has 0 radical (unpaired) electrons. The Balaban J connectivity index is 1.34. The lowest BCUT2D eigenvalue weighted by Gasteiger charge is -2.22. The van der Waals surface area contributed by atoms with E-state index in [1.165, 1.54) is 0 Å². The summed E-state index contributed by atoms with van der Waals surface area (Å²) >= 11 is 3.35. The highest BCUT2D eigenvalue weighted by atomic mass is 32.2. The van der Waals surface area contributed by atoms with Gasteiger partial charge in [-0.3, -0.25) is 4.79 Å². The Kier molecular flexibility index (Phi) is 6.35. The van der Waals surface area contributed by atoms with Crippen LogP contribution in [0.2, 0.25) is 0 Å². The van der Waals surface area contributed by atoms with Crippen LogP contribution in [0, 0.1) is 6.92 Å². The predicted molar refractivity (Wildman–Crippen MR) is 123 cm³/mol. The third-order valence-corrected chi connectivity index (χ3v) is 6.79. The number of amides is 3. The summed E-state index contributed by atoms with van der Waals surface area (Å²) in [6.07, 6.45) is 2.12. The molecule has 4 rings (SSSR count). The molecular weight excluding hydrogens is 416 g/mol. The molecule has 8 heteroatoms. The molecule has 0 aliphatic carbocycles. The molecule has 2 aromatic carbocycles. The Morgan fingerprint density at radius 1 is 1.13 bits per heavy atom. The Labute approximate surface area is 183 Å². The number of hydrogen-bond acceptors (Lipinski definition) is 5. The van der Waals surface area contributed by atoms with Gasteiger partial charge in [0.2, 0.25) is 5.91 Å². The molecule has 0 bridgehead atoms. The van der Waals surface area contributed by atoms with E-state index in [-0.39, 0.29) is 18.0 Å². The van der Waals surface area contributed by atoms with Crippen molar-refractivity contribution in [1.29, 1.82) is 0 Å². The molecule has 1 atom stereocenters. The minimum Gasteiger partial charge on any atom is -0.323 e. The summed E-state index contributed by atoms with van der Waals surface area (Å²) < 4.78 is 0. The maximum atomic E-state index is 12.8. The fraction of sp³-hybridized carbons (Fsp3) is 0.227. The molecule has 1 fully saturated rings. The highest BCUT2D eigenvalue weighted by molar-refractivity contribution is 7.99. The van der Waals surface area contributed by atoms with Gasteiger partial charge >= 0.3 is 6.03 Å². The van der Waals surface area contributed by atoms with Crippen molar-refractivity contribution in [2.24, 2.45) is 0 Å². The number of thioether (sulfide) groups is 1. The molecule has 1 aliphatic heterocycles. The Bertz CT molecular complexity index is 1020.